The molecule has 0 aliphatic carbocycles. The Kier molecular flexibility index (Phi) is 16.1. The van der Waals surface area contributed by atoms with Crippen LogP contribution in [0, 0.1) is 6.92 Å². The molecular formula is C8H17LiO. The standard InChI is InChI=1S/C4H8O.C4H9.Li/c1-2-4-5-3-1;1-3-4-2;/h1-4H2;1,3-4H2,2H3;/q;-1;+1. The van der Waals surface area contributed by atoms with E-state index >= 15 is 0 Å². The Hall–Kier alpha value is 0.557. The van der Waals surface area contributed by atoms with Crippen molar-refractivity contribution in [2.45, 2.75) is 32.6 Å². The maximum absolute atomic E-state index is 4.94. The molecule has 0 aromatic rings. The molecule has 0 bridgehead atoms. The van der Waals surface area contributed by atoms with E-state index in [4.69, 9.17) is 4.74 Å². The molecular weight excluding hydrogens is 119 g/mol. The van der Waals surface area contributed by atoms with Crippen LogP contribution in [0.3, 0.4) is 0 Å². The third-order valence-electron chi connectivity index (χ3n) is 1.18. The minimum Gasteiger partial charge on any atom is -0.381 e. The molecule has 0 aromatic heterocycles. The third kappa shape index (κ3) is 11.4. The molecule has 1 heterocycles. The zero-order valence-electron chi connectivity index (χ0n) is 7.36. The summed E-state index contributed by atoms with van der Waals surface area (Å²) in [4.78, 5) is 0. The van der Waals surface area contributed by atoms with Gasteiger partial charge < -0.3 is 11.7 Å². The van der Waals surface area contributed by atoms with E-state index in [2.05, 4.69) is 13.8 Å². The van der Waals surface area contributed by atoms with Crippen LogP contribution in [0.5, 0.6) is 0 Å². The van der Waals surface area contributed by atoms with E-state index in [-0.39, 0.29) is 18.9 Å². The van der Waals surface area contributed by atoms with E-state index in [0.29, 0.717) is 0 Å². The van der Waals surface area contributed by atoms with Crippen LogP contribution in [0.15, 0.2) is 0 Å². The molecule has 56 valence electrons. The van der Waals surface area contributed by atoms with Crippen LogP contribution in [0.4, 0.5) is 0 Å². The molecule has 10 heavy (non-hydrogen) atoms. The molecule has 0 saturated carbocycles. The van der Waals surface area contributed by atoms with Crippen molar-refractivity contribution in [3.05, 3.63) is 6.92 Å². The fraction of sp³-hybridized carbons (Fsp3) is 0.875. The normalized spacial score (nSPS) is 15.0. The summed E-state index contributed by atoms with van der Waals surface area (Å²) in [6, 6.07) is 0. The van der Waals surface area contributed by atoms with Crippen LogP contribution in [0.25, 0.3) is 0 Å². The predicted octanol–water partition coefficient (Wildman–Crippen LogP) is -0.579. The first kappa shape index (κ1) is 13.2. The van der Waals surface area contributed by atoms with Crippen LogP contribution in [-0.2, 0) is 4.74 Å². The van der Waals surface area contributed by atoms with E-state index < -0.39 is 0 Å². The Morgan fingerprint density at radius 1 is 1.30 bits per heavy atom. The van der Waals surface area contributed by atoms with Crippen LogP contribution in [0.2, 0.25) is 0 Å². The summed E-state index contributed by atoms with van der Waals surface area (Å²) >= 11 is 0. The van der Waals surface area contributed by atoms with Gasteiger partial charge in [0.25, 0.3) is 0 Å². The first-order valence-electron chi connectivity index (χ1n) is 3.78. The molecule has 0 radical (unpaired) electrons. The number of hydrogen-bond acceptors (Lipinski definition) is 1. The first-order valence-corrected chi connectivity index (χ1v) is 3.78. The molecule has 2 heteroatoms. The molecule has 1 rings (SSSR count). The van der Waals surface area contributed by atoms with Crippen LogP contribution in [0.1, 0.15) is 32.6 Å². The van der Waals surface area contributed by atoms with Gasteiger partial charge in [0.1, 0.15) is 0 Å². The summed E-state index contributed by atoms with van der Waals surface area (Å²) < 4.78 is 4.94. The maximum Gasteiger partial charge on any atom is 1.00 e. The summed E-state index contributed by atoms with van der Waals surface area (Å²) in [5.41, 5.74) is 0. The molecule has 0 aromatic carbocycles. The van der Waals surface area contributed by atoms with Crippen molar-refractivity contribution in [2.24, 2.45) is 0 Å². The number of hydrogen-bond donors (Lipinski definition) is 0. The smallest absolute Gasteiger partial charge is 0.381 e. The Labute approximate surface area is 76.7 Å². The first-order chi connectivity index (χ1) is 4.41. The molecule has 0 N–H and O–H groups in total. The third-order valence-corrected chi connectivity index (χ3v) is 1.18. The molecule has 1 aliphatic heterocycles. The molecule has 0 spiro atoms. The van der Waals surface area contributed by atoms with E-state index in [1.165, 1.54) is 19.3 Å². The Morgan fingerprint density at radius 2 is 1.70 bits per heavy atom. The van der Waals surface area contributed by atoms with Gasteiger partial charge in [-0.05, 0) is 12.8 Å². The van der Waals surface area contributed by atoms with Gasteiger partial charge in [-0.1, -0.05) is 13.3 Å². The summed E-state index contributed by atoms with van der Waals surface area (Å²) in [6.45, 7) is 7.72. The van der Waals surface area contributed by atoms with Crippen molar-refractivity contribution in [3.63, 3.8) is 0 Å². The Balaban J connectivity index is 0. The second-order valence-corrected chi connectivity index (χ2v) is 2.17. The number of ether oxygens (including phenoxy) is 1. The molecule has 1 aliphatic rings. The van der Waals surface area contributed by atoms with Crippen LogP contribution >= 0.6 is 0 Å². The molecule has 1 saturated heterocycles. The topological polar surface area (TPSA) is 9.23 Å². The van der Waals surface area contributed by atoms with Gasteiger partial charge in [0.05, 0.1) is 0 Å². The van der Waals surface area contributed by atoms with Gasteiger partial charge in [-0.2, -0.15) is 6.42 Å². The van der Waals surface area contributed by atoms with E-state index in [1.54, 1.807) is 0 Å². The zero-order valence-corrected chi connectivity index (χ0v) is 7.36. The van der Waals surface area contributed by atoms with Crippen molar-refractivity contribution in [3.8, 4) is 0 Å². The van der Waals surface area contributed by atoms with Gasteiger partial charge >= 0.3 is 18.9 Å². The number of rotatable bonds is 1. The second-order valence-electron chi connectivity index (χ2n) is 2.17. The largest absolute Gasteiger partial charge is 1.00 e. The van der Waals surface area contributed by atoms with Gasteiger partial charge in [0, 0.05) is 13.2 Å². The average molecular weight is 136 g/mol. The fourth-order valence-corrected chi connectivity index (χ4v) is 0.510. The molecule has 0 unspecified atom stereocenters. The summed E-state index contributed by atoms with van der Waals surface area (Å²) in [6.07, 6.45) is 4.83. The molecule has 1 nitrogen and oxygen atoms in total. The van der Waals surface area contributed by atoms with Gasteiger partial charge in [0.15, 0.2) is 0 Å². The SMILES string of the molecule is C1CCOC1.[CH2-]CCC.[Li+]. The quantitative estimate of drug-likeness (QED) is 0.346. The van der Waals surface area contributed by atoms with Crippen molar-refractivity contribution in [2.75, 3.05) is 13.2 Å². The summed E-state index contributed by atoms with van der Waals surface area (Å²) in [7, 11) is 0. The van der Waals surface area contributed by atoms with Crippen molar-refractivity contribution in [1.29, 1.82) is 0 Å². The molecule has 1 fully saturated rings. The monoisotopic (exact) mass is 136 g/mol. The van der Waals surface area contributed by atoms with Crippen molar-refractivity contribution < 1.29 is 23.6 Å². The summed E-state index contributed by atoms with van der Waals surface area (Å²) in [5, 5.41) is 0. The van der Waals surface area contributed by atoms with Crippen molar-refractivity contribution in [1.82, 2.24) is 0 Å². The molecule has 0 amide bonds. The van der Waals surface area contributed by atoms with Crippen LogP contribution < -0.4 is 18.9 Å². The minimum atomic E-state index is 0. The fourth-order valence-electron chi connectivity index (χ4n) is 0.510. The predicted molar refractivity (Wildman–Crippen MR) is 40.3 cm³/mol. The van der Waals surface area contributed by atoms with Gasteiger partial charge in [-0.3, -0.25) is 0 Å². The average Bonchev–Trinajstić information content (AvgIpc) is 2.43. The van der Waals surface area contributed by atoms with E-state index in [1.807, 2.05) is 0 Å². The Morgan fingerprint density at radius 3 is 1.80 bits per heavy atom. The van der Waals surface area contributed by atoms with Crippen molar-refractivity contribution >= 4 is 0 Å². The van der Waals surface area contributed by atoms with Crippen LogP contribution in [-0.4, -0.2) is 13.2 Å². The maximum atomic E-state index is 4.94. The van der Waals surface area contributed by atoms with Gasteiger partial charge in [-0.25, -0.2) is 0 Å². The number of unbranched alkanes of at least 4 members (excludes halogenated alkanes) is 1. The van der Waals surface area contributed by atoms with Gasteiger partial charge in [-0.15, -0.1) is 0 Å². The second kappa shape index (κ2) is 12.3. The minimum absolute atomic E-state index is 0. The summed E-state index contributed by atoms with van der Waals surface area (Å²) in [5.74, 6) is 0. The van der Waals surface area contributed by atoms with E-state index in [9.17, 15) is 0 Å². The molecule has 0 atom stereocenters. The zero-order chi connectivity index (χ0) is 6.95. The van der Waals surface area contributed by atoms with E-state index in [0.717, 1.165) is 19.6 Å². The van der Waals surface area contributed by atoms with Gasteiger partial charge in [0.2, 0.25) is 0 Å². The Bertz CT molecular complexity index is 34.9.